The van der Waals surface area contributed by atoms with E-state index < -0.39 is 0 Å². The number of aromatic nitrogens is 1. The lowest BCUT2D eigenvalue weighted by molar-refractivity contribution is 0.0765. The van der Waals surface area contributed by atoms with E-state index in [-0.39, 0.29) is 0 Å². The van der Waals surface area contributed by atoms with Crippen molar-refractivity contribution in [2.75, 3.05) is 18.5 Å². The van der Waals surface area contributed by atoms with E-state index in [0.717, 1.165) is 36.8 Å². The molecule has 0 unspecified atom stereocenters. The highest BCUT2D eigenvalue weighted by Crippen LogP contribution is 2.14. The summed E-state index contributed by atoms with van der Waals surface area (Å²) in [6.45, 7) is 7.98. The van der Waals surface area contributed by atoms with Gasteiger partial charge < -0.3 is 10.1 Å². The molecular formula is C11H20N2OS. The maximum Gasteiger partial charge on any atom is 0.182 e. The molecule has 0 bridgehead atoms. The Morgan fingerprint density at radius 1 is 1.47 bits per heavy atom. The summed E-state index contributed by atoms with van der Waals surface area (Å²) in [5, 5.41) is 6.39. The minimum Gasteiger partial charge on any atom is -0.379 e. The molecule has 0 aliphatic carbocycles. The summed E-state index contributed by atoms with van der Waals surface area (Å²) in [4.78, 5) is 4.33. The van der Waals surface area contributed by atoms with Crippen molar-refractivity contribution in [1.82, 2.24) is 4.98 Å². The van der Waals surface area contributed by atoms with E-state index >= 15 is 0 Å². The van der Waals surface area contributed by atoms with Crippen molar-refractivity contribution >= 4 is 16.5 Å². The van der Waals surface area contributed by atoms with E-state index in [1.807, 2.05) is 6.92 Å². The number of thiazole rings is 1. The van der Waals surface area contributed by atoms with Crippen LogP contribution in [0.3, 0.4) is 0 Å². The Kier molecular flexibility index (Phi) is 5.65. The Morgan fingerprint density at radius 2 is 2.27 bits per heavy atom. The smallest absolute Gasteiger partial charge is 0.182 e. The predicted octanol–water partition coefficient (Wildman–Crippen LogP) is 3.07. The Morgan fingerprint density at radius 3 is 2.87 bits per heavy atom. The van der Waals surface area contributed by atoms with Gasteiger partial charge in [0.2, 0.25) is 0 Å². The predicted molar refractivity (Wildman–Crippen MR) is 65.7 cm³/mol. The first kappa shape index (κ1) is 12.5. The molecule has 1 aromatic heterocycles. The third kappa shape index (κ3) is 5.74. The van der Waals surface area contributed by atoms with Gasteiger partial charge in [0, 0.05) is 18.5 Å². The fourth-order valence-corrected chi connectivity index (χ4v) is 1.89. The van der Waals surface area contributed by atoms with Gasteiger partial charge in [-0.05, 0) is 33.6 Å². The SMILES string of the molecule is Cc1csc(NCCCCOC(C)C)n1. The summed E-state index contributed by atoms with van der Waals surface area (Å²) in [5.41, 5.74) is 1.09. The van der Waals surface area contributed by atoms with Crippen LogP contribution in [-0.4, -0.2) is 24.2 Å². The molecule has 0 radical (unpaired) electrons. The number of rotatable bonds is 7. The molecule has 15 heavy (non-hydrogen) atoms. The minimum atomic E-state index is 0.347. The maximum absolute atomic E-state index is 5.46. The summed E-state index contributed by atoms with van der Waals surface area (Å²) < 4.78 is 5.46. The lowest BCUT2D eigenvalue weighted by Crippen LogP contribution is -2.06. The number of nitrogens with one attached hydrogen (secondary N) is 1. The molecule has 1 aromatic rings. The number of nitrogens with zero attached hydrogens (tertiary/aromatic N) is 1. The molecule has 1 heterocycles. The fraction of sp³-hybridized carbons (Fsp3) is 0.727. The first-order chi connectivity index (χ1) is 7.18. The Hall–Kier alpha value is -0.610. The molecule has 0 spiro atoms. The first-order valence-corrected chi connectivity index (χ1v) is 6.34. The van der Waals surface area contributed by atoms with Gasteiger partial charge in [-0.15, -0.1) is 11.3 Å². The first-order valence-electron chi connectivity index (χ1n) is 5.46. The van der Waals surface area contributed by atoms with E-state index in [4.69, 9.17) is 4.74 Å². The Bertz CT molecular complexity index is 273. The van der Waals surface area contributed by atoms with Gasteiger partial charge in [-0.1, -0.05) is 0 Å². The topological polar surface area (TPSA) is 34.1 Å². The van der Waals surface area contributed by atoms with Crippen molar-refractivity contribution in [3.63, 3.8) is 0 Å². The number of ether oxygens (including phenoxy) is 1. The third-order valence-electron chi connectivity index (χ3n) is 1.92. The van der Waals surface area contributed by atoms with Crippen LogP contribution in [0.2, 0.25) is 0 Å². The normalized spacial score (nSPS) is 10.9. The van der Waals surface area contributed by atoms with Crippen LogP contribution in [0.5, 0.6) is 0 Å². The second kappa shape index (κ2) is 6.80. The highest BCUT2D eigenvalue weighted by molar-refractivity contribution is 7.13. The minimum absolute atomic E-state index is 0.347. The zero-order valence-corrected chi connectivity index (χ0v) is 10.6. The van der Waals surface area contributed by atoms with Crippen molar-refractivity contribution in [2.24, 2.45) is 0 Å². The Labute approximate surface area is 95.9 Å². The van der Waals surface area contributed by atoms with E-state index in [1.54, 1.807) is 11.3 Å². The molecule has 0 amide bonds. The zero-order chi connectivity index (χ0) is 11.1. The van der Waals surface area contributed by atoms with Crippen LogP contribution < -0.4 is 5.32 Å². The maximum atomic E-state index is 5.46. The largest absolute Gasteiger partial charge is 0.379 e. The molecule has 0 saturated heterocycles. The third-order valence-corrected chi connectivity index (χ3v) is 2.84. The van der Waals surface area contributed by atoms with Crippen LogP contribution in [0.15, 0.2) is 5.38 Å². The van der Waals surface area contributed by atoms with Crippen LogP contribution in [-0.2, 0) is 4.74 Å². The van der Waals surface area contributed by atoms with Crippen molar-refractivity contribution in [3.8, 4) is 0 Å². The monoisotopic (exact) mass is 228 g/mol. The number of unbranched alkanes of at least 4 members (excludes halogenated alkanes) is 1. The number of aryl methyl sites for hydroxylation is 1. The van der Waals surface area contributed by atoms with Gasteiger partial charge in [-0.3, -0.25) is 0 Å². The summed E-state index contributed by atoms with van der Waals surface area (Å²) in [5.74, 6) is 0. The quantitative estimate of drug-likeness (QED) is 0.728. The Balaban J connectivity index is 1.98. The van der Waals surface area contributed by atoms with Crippen LogP contribution in [0, 0.1) is 6.92 Å². The number of hydrogen-bond acceptors (Lipinski definition) is 4. The summed E-state index contributed by atoms with van der Waals surface area (Å²) in [6, 6.07) is 0. The van der Waals surface area contributed by atoms with Gasteiger partial charge >= 0.3 is 0 Å². The highest BCUT2D eigenvalue weighted by Gasteiger charge is 1.97. The van der Waals surface area contributed by atoms with Crippen molar-refractivity contribution in [1.29, 1.82) is 0 Å². The molecule has 1 rings (SSSR count). The van der Waals surface area contributed by atoms with Crippen LogP contribution in [0.1, 0.15) is 32.4 Å². The number of hydrogen-bond donors (Lipinski definition) is 1. The van der Waals surface area contributed by atoms with Gasteiger partial charge in [0.25, 0.3) is 0 Å². The summed E-state index contributed by atoms with van der Waals surface area (Å²) >= 11 is 1.66. The van der Waals surface area contributed by atoms with Crippen molar-refractivity contribution < 1.29 is 4.74 Å². The average Bonchev–Trinajstić information content (AvgIpc) is 2.57. The van der Waals surface area contributed by atoms with Gasteiger partial charge in [-0.25, -0.2) is 4.98 Å². The molecule has 86 valence electrons. The fourth-order valence-electron chi connectivity index (χ4n) is 1.18. The van der Waals surface area contributed by atoms with E-state index in [0.29, 0.717) is 6.10 Å². The van der Waals surface area contributed by atoms with E-state index in [2.05, 4.69) is 29.5 Å². The lowest BCUT2D eigenvalue weighted by Gasteiger charge is -2.07. The second-order valence-corrected chi connectivity index (χ2v) is 4.71. The van der Waals surface area contributed by atoms with Crippen LogP contribution in [0.25, 0.3) is 0 Å². The van der Waals surface area contributed by atoms with Crippen molar-refractivity contribution in [3.05, 3.63) is 11.1 Å². The van der Waals surface area contributed by atoms with E-state index in [1.165, 1.54) is 0 Å². The van der Waals surface area contributed by atoms with Crippen LogP contribution >= 0.6 is 11.3 Å². The molecular weight excluding hydrogens is 208 g/mol. The van der Waals surface area contributed by atoms with Gasteiger partial charge in [0.1, 0.15) is 0 Å². The number of anilines is 1. The molecule has 0 saturated carbocycles. The zero-order valence-electron chi connectivity index (χ0n) is 9.75. The van der Waals surface area contributed by atoms with E-state index in [9.17, 15) is 0 Å². The van der Waals surface area contributed by atoms with Crippen LogP contribution in [0.4, 0.5) is 5.13 Å². The standard InChI is InChI=1S/C11H20N2OS/c1-9(2)14-7-5-4-6-12-11-13-10(3)8-15-11/h8-9H,4-7H2,1-3H3,(H,12,13). The van der Waals surface area contributed by atoms with Gasteiger partial charge in [0.05, 0.1) is 11.8 Å². The van der Waals surface area contributed by atoms with Gasteiger partial charge in [0.15, 0.2) is 5.13 Å². The molecule has 0 aliphatic rings. The molecule has 0 aliphatic heterocycles. The summed E-state index contributed by atoms with van der Waals surface area (Å²) in [7, 11) is 0. The molecule has 0 aromatic carbocycles. The molecule has 3 nitrogen and oxygen atoms in total. The molecule has 1 N–H and O–H groups in total. The molecule has 0 fully saturated rings. The molecule has 0 atom stereocenters. The second-order valence-electron chi connectivity index (χ2n) is 3.85. The van der Waals surface area contributed by atoms with Crippen molar-refractivity contribution in [2.45, 2.75) is 39.7 Å². The molecule has 4 heteroatoms. The lowest BCUT2D eigenvalue weighted by atomic mass is 10.3. The summed E-state index contributed by atoms with van der Waals surface area (Å²) in [6.07, 6.45) is 2.58. The average molecular weight is 228 g/mol. The van der Waals surface area contributed by atoms with Gasteiger partial charge in [-0.2, -0.15) is 0 Å². The highest BCUT2D eigenvalue weighted by atomic mass is 32.1.